The largest absolute Gasteiger partial charge is 0.293 e. The summed E-state index contributed by atoms with van der Waals surface area (Å²) in [5.41, 5.74) is 5.64. The number of ketones is 1. The minimum Gasteiger partial charge on any atom is -0.293 e. The van der Waals surface area contributed by atoms with Gasteiger partial charge in [0, 0.05) is 5.56 Å². The Labute approximate surface area is 172 Å². The molecule has 29 heavy (non-hydrogen) atoms. The molecule has 0 spiro atoms. The van der Waals surface area contributed by atoms with E-state index in [1.54, 1.807) is 0 Å². The molecule has 4 aromatic carbocycles. The molecule has 0 amide bonds. The summed E-state index contributed by atoms with van der Waals surface area (Å²) >= 11 is 0. The fourth-order valence-corrected chi connectivity index (χ4v) is 3.71. The Balaban J connectivity index is 1.86. The lowest BCUT2D eigenvalue weighted by Crippen LogP contribution is -2.16. The van der Waals surface area contributed by atoms with Crippen LogP contribution in [0.15, 0.2) is 122 Å². The molecule has 0 radical (unpaired) electrons. The smallest absolute Gasteiger partial charge is 0.174 e. The molecular weight excluding hydrogens is 352 g/mol. The van der Waals surface area contributed by atoms with Crippen LogP contribution in [0.1, 0.15) is 38.5 Å². The lowest BCUT2D eigenvalue weighted by atomic mass is 9.80. The number of rotatable bonds is 6. The van der Waals surface area contributed by atoms with Crippen LogP contribution in [0, 0.1) is 0 Å². The van der Waals surface area contributed by atoms with Gasteiger partial charge in [-0.2, -0.15) is 0 Å². The molecule has 1 heteroatoms. The van der Waals surface area contributed by atoms with E-state index in [0.717, 1.165) is 27.8 Å². The van der Waals surface area contributed by atoms with Crippen LogP contribution in [0.4, 0.5) is 0 Å². The summed E-state index contributed by atoms with van der Waals surface area (Å²) in [5.74, 6) is -0.305. The molecule has 1 atom stereocenters. The lowest BCUT2D eigenvalue weighted by molar-refractivity contribution is 0.0974. The van der Waals surface area contributed by atoms with Gasteiger partial charge in [0.25, 0.3) is 0 Å². The van der Waals surface area contributed by atoms with Crippen LogP contribution in [0.3, 0.4) is 0 Å². The van der Waals surface area contributed by atoms with Gasteiger partial charge in [0.05, 0.1) is 5.92 Å². The topological polar surface area (TPSA) is 17.1 Å². The molecule has 0 N–H and O–H groups in total. The monoisotopic (exact) mass is 374 g/mol. The summed E-state index contributed by atoms with van der Waals surface area (Å²) in [7, 11) is 0. The number of benzene rings is 4. The zero-order valence-corrected chi connectivity index (χ0v) is 16.2. The molecule has 0 aliphatic heterocycles. The first-order valence-corrected chi connectivity index (χ1v) is 9.73. The van der Waals surface area contributed by atoms with E-state index in [1.807, 2.05) is 97.1 Å². The highest BCUT2D eigenvalue weighted by Crippen LogP contribution is 2.35. The third kappa shape index (κ3) is 3.95. The van der Waals surface area contributed by atoms with Crippen molar-refractivity contribution in [3.63, 3.8) is 0 Å². The molecular formula is C28H22O. The van der Waals surface area contributed by atoms with Crippen LogP contribution in [-0.2, 0) is 0 Å². The summed E-state index contributed by atoms with van der Waals surface area (Å²) in [6.45, 7) is 4.35. The Morgan fingerprint density at radius 3 is 1.69 bits per heavy atom. The summed E-state index contributed by atoms with van der Waals surface area (Å²) in [5, 5.41) is 0. The van der Waals surface area contributed by atoms with E-state index in [2.05, 4.69) is 24.8 Å². The van der Waals surface area contributed by atoms with Gasteiger partial charge in [-0.3, -0.25) is 4.79 Å². The maximum absolute atomic E-state index is 13.6. The average molecular weight is 374 g/mol. The van der Waals surface area contributed by atoms with Gasteiger partial charge in [0.1, 0.15) is 0 Å². The van der Waals surface area contributed by atoms with Crippen LogP contribution in [0.5, 0.6) is 0 Å². The van der Waals surface area contributed by atoms with Crippen molar-refractivity contribution < 1.29 is 4.79 Å². The van der Waals surface area contributed by atoms with Gasteiger partial charge >= 0.3 is 0 Å². The highest BCUT2D eigenvalue weighted by Gasteiger charge is 2.26. The van der Waals surface area contributed by atoms with Crippen LogP contribution in [-0.4, -0.2) is 5.78 Å². The standard InChI is InChI=1S/C28H22O/c1-21(22-13-5-2-6-14-22)25-19-11-12-20-26(25)27(23-15-7-3-8-16-23)28(29)24-17-9-4-10-18-24/h2-20,27H,1H2. The van der Waals surface area contributed by atoms with Gasteiger partial charge in [-0.25, -0.2) is 0 Å². The Morgan fingerprint density at radius 2 is 1.07 bits per heavy atom. The number of hydrogen-bond donors (Lipinski definition) is 0. The summed E-state index contributed by atoms with van der Waals surface area (Å²) in [4.78, 5) is 13.6. The zero-order valence-electron chi connectivity index (χ0n) is 16.2. The quantitative estimate of drug-likeness (QED) is 0.341. The molecule has 0 aliphatic rings. The number of carbonyl (C=O) groups is 1. The summed E-state index contributed by atoms with van der Waals surface area (Å²) in [6, 6.07) is 37.7. The minimum absolute atomic E-state index is 0.0881. The van der Waals surface area contributed by atoms with Gasteiger partial charge in [0.15, 0.2) is 5.78 Å². The number of Topliss-reactive ketones (excluding diaryl/α,β-unsaturated/α-hetero) is 1. The van der Waals surface area contributed by atoms with E-state index in [9.17, 15) is 4.79 Å². The SMILES string of the molecule is C=C(c1ccccc1)c1ccccc1C(C(=O)c1ccccc1)c1ccccc1. The second kappa shape index (κ2) is 8.53. The third-order valence-electron chi connectivity index (χ3n) is 5.17. The normalized spacial score (nSPS) is 11.6. The van der Waals surface area contributed by atoms with Gasteiger partial charge in [-0.1, -0.05) is 122 Å². The molecule has 0 bridgehead atoms. The predicted molar refractivity (Wildman–Crippen MR) is 120 cm³/mol. The molecule has 4 rings (SSSR count). The van der Waals surface area contributed by atoms with Crippen molar-refractivity contribution in [1.82, 2.24) is 0 Å². The molecule has 140 valence electrons. The maximum Gasteiger partial charge on any atom is 0.174 e. The van der Waals surface area contributed by atoms with E-state index in [0.29, 0.717) is 5.56 Å². The molecule has 4 aromatic rings. The van der Waals surface area contributed by atoms with Crippen molar-refractivity contribution in [3.8, 4) is 0 Å². The third-order valence-corrected chi connectivity index (χ3v) is 5.17. The van der Waals surface area contributed by atoms with Crippen LogP contribution in [0.25, 0.3) is 5.57 Å². The first kappa shape index (κ1) is 18.6. The molecule has 1 nitrogen and oxygen atoms in total. The van der Waals surface area contributed by atoms with Crippen molar-refractivity contribution in [1.29, 1.82) is 0 Å². The molecule has 0 saturated heterocycles. The second-order valence-corrected chi connectivity index (χ2v) is 7.01. The fraction of sp³-hybridized carbons (Fsp3) is 0.0357. The van der Waals surface area contributed by atoms with Crippen molar-refractivity contribution in [2.45, 2.75) is 5.92 Å². The second-order valence-electron chi connectivity index (χ2n) is 7.01. The van der Waals surface area contributed by atoms with Crippen molar-refractivity contribution in [2.24, 2.45) is 0 Å². The van der Waals surface area contributed by atoms with Gasteiger partial charge < -0.3 is 0 Å². The maximum atomic E-state index is 13.6. The molecule has 0 fully saturated rings. The highest BCUT2D eigenvalue weighted by atomic mass is 16.1. The van der Waals surface area contributed by atoms with Crippen molar-refractivity contribution in [3.05, 3.63) is 150 Å². The minimum atomic E-state index is -0.393. The lowest BCUT2D eigenvalue weighted by Gasteiger charge is -2.21. The molecule has 0 saturated carbocycles. The summed E-state index contributed by atoms with van der Waals surface area (Å²) in [6.07, 6.45) is 0. The Morgan fingerprint density at radius 1 is 0.586 bits per heavy atom. The van der Waals surface area contributed by atoms with E-state index in [1.165, 1.54) is 0 Å². The van der Waals surface area contributed by atoms with E-state index in [4.69, 9.17) is 0 Å². The van der Waals surface area contributed by atoms with E-state index in [-0.39, 0.29) is 5.78 Å². The van der Waals surface area contributed by atoms with E-state index < -0.39 is 5.92 Å². The van der Waals surface area contributed by atoms with Gasteiger partial charge in [-0.15, -0.1) is 0 Å². The van der Waals surface area contributed by atoms with Gasteiger partial charge in [-0.05, 0) is 27.8 Å². The molecule has 1 unspecified atom stereocenters. The van der Waals surface area contributed by atoms with Crippen LogP contribution < -0.4 is 0 Å². The average Bonchev–Trinajstić information content (AvgIpc) is 2.81. The Hall–Kier alpha value is -3.71. The van der Waals surface area contributed by atoms with Crippen LogP contribution in [0.2, 0.25) is 0 Å². The molecule has 0 aliphatic carbocycles. The van der Waals surface area contributed by atoms with Crippen molar-refractivity contribution in [2.75, 3.05) is 0 Å². The first-order chi connectivity index (χ1) is 14.3. The highest BCUT2D eigenvalue weighted by molar-refractivity contribution is 6.04. The van der Waals surface area contributed by atoms with Gasteiger partial charge in [0.2, 0.25) is 0 Å². The number of hydrogen-bond acceptors (Lipinski definition) is 1. The van der Waals surface area contributed by atoms with E-state index >= 15 is 0 Å². The summed E-state index contributed by atoms with van der Waals surface area (Å²) < 4.78 is 0. The number of carbonyl (C=O) groups excluding carboxylic acids is 1. The first-order valence-electron chi connectivity index (χ1n) is 9.73. The zero-order chi connectivity index (χ0) is 20.1. The fourth-order valence-electron chi connectivity index (χ4n) is 3.71. The van der Waals surface area contributed by atoms with Crippen LogP contribution >= 0.6 is 0 Å². The predicted octanol–water partition coefficient (Wildman–Crippen LogP) is 6.76. The Bertz CT molecular complexity index is 1110. The Kier molecular flexibility index (Phi) is 5.49. The molecule has 0 aromatic heterocycles. The molecule has 0 heterocycles. The van der Waals surface area contributed by atoms with Crippen molar-refractivity contribution >= 4 is 11.4 Å².